The summed E-state index contributed by atoms with van der Waals surface area (Å²) in [7, 11) is 0. The van der Waals surface area contributed by atoms with Crippen LogP contribution in [0.15, 0.2) is 53.3 Å². The molecule has 0 unspecified atom stereocenters. The molecule has 5 heteroatoms. The summed E-state index contributed by atoms with van der Waals surface area (Å²) in [6, 6.07) is 11.0. The van der Waals surface area contributed by atoms with Gasteiger partial charge >= 0.3 is 0 Å². The van der Waals surface area contributed by atoms with Crippen LogP contribution in [-0.2, 0) is 0 Å². The lowest BCUT2D eigenvalue weighted by Gasteiger charge is -1.93. The van der Waals surface area contributed by atoms with Gasteiger partial charge in [-0.05, 0) is 36.4 Å². The van der Waals surface area contributed by atoms with E-state index in [0.717, 1.165) is 11.1 Å². The molecule has 2 aromatic heterocycles. The van der Waals surface area contributed by atoms with Crippen LogP contribution in [0.4, 0.5) is 0 Å². The molecule has 0 aliphatic rings. The smallest absolute Gasteiger partial charge is 0.259 e. The van der Waals surface area contributed by atoms with Gasteiger partial charge in [0.15, 0.2) is 0 Å². The minimum absolute atomic E-state index is 0.452. The van der Waals surface area contributed by atoms with Crippen LogP contribution >= 0.6 is 11.6 Å². The lowest BCUT2D eigenvalue weighted by molar-refractivity contribution is 0.432. The van der Waals surface area contributed by atoms with Gasteiger partial charge in [0.25, 0.3) is 5.89 Å². The monoisotopic (exact) mass is 257 g/mol. The summed E-state index contributed by atoms with van der Waals surface area (Å²) in [5, 5.41) is 4.61. The van der Waals surface area contributed by atoms with Crippen LogP contribution in [0.3, 0.4) is 0 Å². The Morgan fingerprint density at radius 3 is 2.56 bits per heavy atom. The third-order valence-electron chi connectivity index (χ3n) is 2.44. The first-order valence-electron chi connectivity index (χ1n) is 5.33. The average Bonchev–Trinajstić information content (AvgIpc) is 2.90. The van der Waals surface area contributed by atoms with Crippen LogP contribution in [0.25, 0.3) is 22.8 Å². The van der Waals surface area contributed by atoms with E-state index in [4.69, 9.17) is 16.1 Å². The summed E-state index contributed by atoms with van der Waals surface area (Å²) in [6.45, 7) is 0. The summed E-state index contributed by atoms with van der Waals surface area (Å²) in [4.78, 5) is 8.33. The van der Waals surface area contributed by atoms with Crippen molar-refractivity contribution >= 4 is 11.6 Å². The predicted octanol–water partition coefficient (Wildman–Crippen LogP) is 3.45. The molecule has 3 rings (SSSR count). The molecule has 0 N–H and O–H groups in total. The lowest BCUT2D eigenvalue weighted by atomic mass is 10.2. The van der Waals surface area contributed by atoms with E-state index in [1.54, 1.807) is 24.5 Å². The second-order valence-corrected chi connectivity index (χ2v) is 4.11. The number of halogens is 1. The van der Waals surface area contributed by atoms with Crippen LogP contribution < -0.4 is 0 Å². The summed E-state index contributed by atoms with van der Waals surface area (Å²) in [6.07, 6.45) is 3.37. The van der Waals surface area contributed by atoms with Gasteiger partial charge in [-0.1, -0.05) is 16.8 Å². The van der Waals surface area contributed by atoms with Crippen molar-refractivity contribution in [3.8, 4) is 22.8 Å². The van der Waals surface area contributed by atoms with E-state index < -0.39 is 0 Å². The quantitative estimate of drug-likeness (QED) is 0.706. The zero-order chi connectivity index (χ0) is 12.4. The van der Waals surface area contributed by atoms with Crippen molar-refractivity contribution in [2.75, 3.05) is 0 Å². The lowest BCUT2D eigenvalue weighted by Crippen LogP contribution is -1.81. The van der Waals surface area contributed by atoms with Gasteiger partial charge in [-0.2, -0.15) is 4.98 Å². The van der Waals surface area contributed by atoms with Crippen molar-refractivity contribution in [2.24, 2.45) is 0 Å². The van der Waals surface area contributed by atoms with Gasteiger partial charge in [0, 0.05) is 23.0 Å². The van der Waals surface area contributed by atoms with Crippen LogP contribution in [0.5, 0.6) is 0 Å². The molecule has 0 spiro atoms. The number of aromatic nitrogens is 3. The van der Waals surface area contributed by atoms with Crippen LogP contribution in [0, 0.1) is 0 Å². The van der Waals surface area contributed by atoms with Crippen LogP contribution in [-0.4, -0.2) is 15.1 Å². The minimum Gasteiger partial charge on any atom is -0.334 e. The van der Waals surface area contributed by atoms with Gasteiger partial charge in [-0.15, -0.1) is 0 Å². The summed E-state index contributed by atoms with van der Waals surface area (Å²) < 4.78 is 5.20. The molecule has 0 aliphatic carbocycles. The summed E-state index contributed by atoms with van der Waals surface area (Å²) in [5.41, 5.74) is 1.66. The van der Waals surface area contributed by atoms with Crippen LogP contribution in [0.1, 0.15) is 0 Å². The normalized spacial score (nSPS) is 10.5. The van der Waals surface area contributed by atoms with E-state index in [-0.39, 0.29) is 0 Å². The highest BCUT2D eigenvalue weighted by molar-refractivity contribution is 6.30. The number of hydrogen-bond acceptors (Lipinski definition) is 4. The third-order valence-corrected chi connectivity index (χ3v) is 2.69. The molecule has 0 amide bonds. The SMILES string of the molecule is Clc1ccc(-c2noc(-c3cccnc3)n2)cc1. The Hall–Kier alpha value is -2.20. The summed E-state index contributed by atoms with van der Waals surface area (Å²) in [5.74, 6) is 0.985. The highest BCUT2D eigenvalue weighted by Crippen LogP contribution is 2.22. The molecular weight excluding hydrogens is 250 g/mol. The average molecular weight is 258 g/mol. The van der Waals surface area contributed by atoms with E-state index in [9.17, 15) is 0 Å². The fourth-order valence-electron chi connectivity index (χ4n) is 1.55. The number of benzene rings is 1. The van der Waals surface area contributed by atoms with Gasteiger partial charge in [0.1, 0.15) is 0 Å². The fourth-order valence-corrected chi connectivity index (χ4v) is 1.67. The molecule has 4 nitrogen and oxygen atoms in total. The molecule has 0 bridgehead atoms. The van der Waals surface area contributed by atoms with Crippen molar-refractivity contribution in [3.05, 3.63) is 53.8 Å². The highest BCUT2D eigenvalue weighted by Gasteiger charge is 2.10. The first kappa shape index (κ1) is 10.9. The van der Waals surface area contributed by atoms with E-state index in [1.165, 1.54) is 0 Å². The van der Waals surface area contributed by atoms with Gasteiger partial charge in [0.05, 0.1) is 5.56 Å². The molecule has 1 aromatic carbocycles. The van der Waals surface area contributed by atoms with Crippen molar-refractivity contribution in [1.29, 1.82) is 0 Å². The minimum atomic E-state index is 0.452. The van der Waals surface area contributed by atoms with Crippen LogP contribution in [0.2, 0.25) is 5.02 Å². The first-order chi connectivity index (χ1) is 8.83. The number of nitrogens with zero attached hydrogens (tertiary/aromatic N) is 3. The molecule has 88 valence electrons. The van der Waals surface area contributed by atoms with Gasteiger partial charge < -0.3 is 4.52 Å². The maximum absolute atomic E-state index is 5.83. The Morgan fingerprint density at radius 1 is 1.00 bits per heavy atom. The van der Waals surface area contributed by atoms with Gasteiger partial charge in [-0.3, -0.25) is 4.98 Å². The second-order valence-electron chi connectivity index (χ2n) is 3.67. The van der Waals surface area contributed by atoms with Crippen molar-refractivity contribution in [1.82, 2.24) is 15.1 Å². The zero-order valence-corrected chi connectivity index (χ0v) is 10.0. The molecule has 0 saturated carbocycles. The molecule has 0 atom stereocenters. The number of pyridine rings is 1. The van der Waals surface area contributed by atoms with E-state index in [2.05, 4.69) is 15.1 Å². The molecule has 0 fully saturated rings. The van der Waals surface area contributed by atoms with Crippen molar-refractivity contribution in [3.63, 3.8) is 0 Å². The topological polar surface area (TPSA) is 51.8 Å². The highest BCUT2D eigenvalue weighted by atomic mass is 35.5. The fraction of sp³-hybridized carbons (Fsp3) is 0. The molecule has 0 aliphatic heterocycles. The number of rotatable bonds is 2. The number of hydrogen-bond donors (Lipinski definition) is 0. The zero-order valence-electron chi connectivity index (χ0n) is 9.25. The Kier molecular flexibility index (Phi) is 2.78. The van der Waals surface area contributed by atoms with E-state index >= 15 is 0 Å². The second kappa shape index (κ2) is 4.58. The molecular formula is C13H8ClN3O. The standard InChI is InChI=1S/C13H8ClN3O/c14-11-5-3-9(4-6-11)12-16-13(18-17-12)10-2-1-7-15-8-10/h1-8H. The Balaban J connectivity index is 1.97. The Labute approximate surface area is 108 Å². The van der Waals surface area contributed by atoms with E-state index in [0.29, 0.717) is 16.7 Å². The molecule has 18 heavy (non-hydrogen) atoms. The molecule has 0 saturated heterocycles. The molecule has 2 heterocycles. The summed E-state index contributed by atoms with van der Waals surface area (Å²) >= 11 is 5.83. The largest absolute Gasteiger partial charge is 0.334 e. The first-order valence-corrected chi connectivity index (χ1v) is 5.71. The Bertz CT molecular complexity index is 650. The van der Waals surface area contributed by atoms with Crippen molar-refractivity contribution < 1.29 is 4.52 Å². The maximum atomic E-state index is 5.83. The third kappa shape index (κ3) is 2.10. The van der Waals surface area contributed by atoms with E-state index in [1.807, 2.05) is 24.3 Å². The van der Waals surface area contributed by atoms with Crippen molar-refractivity contribution in [2.45, 2.75) is 0 Å². The maximum Gasteiger partial charge on any atom is 0.259 e. The Morgan fingerprint density at radius 2 is 1.83 bits per heavy atom. The molecule has 0 radical (unpaired) electrons. The predicted molar refractivity (Wildman–Crippen MR) is 68.0 cm³/mol. The van der Waals surface area contributed by atoms with Gasteiger partial charge in [-0.25, -0.2) is 0 Å². The van der Waals surface area contributed by atoms with Gasteiger partial charge in [0.2, 0.25) is 5.82 Å². The molecule has 3 aromatic rings.